The van der Waals surface area contributed by atoms with E-state index in [1.54, 1.807) is 0 Å². The third-order valence-electron chi connectivity index (χ3n) is 2.19. The lowest BCUT2D eigenvalue weighted by Crippen LogP contribution is -2.24. The van der Waals surface area contributed by atoms with Gasteiger partial charge in [-0.2, -0.15) is 5.06 Å². The van der Waals surface area contributed by atoms with Crippen molar-refractivity contribution in [3.05, 3.63) is 29.8 Å². The molecule has 0 radical (unpaired) electrons. The first-order valence-electron chi connectivity index (χ1n) is 4.57. The largest absolute Gasteiger partial charge is 0.326 e. The fourth-order valence-electron chi connectivity index (χ4n) is 1.48. The summed E-state index contributed by atoms with van der Waals surface area (Å²) in [6.45, 7) is 0.862. The number of carbonyl (C=O) groups excluding carboxylic acids is 1. The number of hydroxylamine groups is 1. The van der Waals surface area contributed by atoms with Gasteiger partial charge < -0.3 is 5.73 Å². The minimum Gasteiger partial charge on any atom is -0.326 e. The van der Waals surface area contributed by atoms with Crippen molar-refractivity contribution < 1.29 is 9.63 Å². The number of carbonyl (C=O) groups is 1. The second kappa shape index (κ2) is 3.77. The summed E-state index contributed by atoms with van der Waals surface area (Å²) in [5.41, 5.74) is 7.25. The fraction of sp³-hybridized carbons (Fsp3) is 0.300. The van der Waals surface area contributed by atoms with Crippen LogP contribution in [0, 0.1) is 0 Å². The van der Waals surface area contributed by atoms with Crippen molar-refractivity contribution in [1.29, 1.82) is 0 Å². The van der Waals surface area contributed by atoms with Gasteiger partial charge in [0.2, 0.25) is 0 Å². The Labute approximate surface area is 82.2 Å². The Morgan fingerprint density at radius 3 is 2.86 bits per heavy atom. The number of hydrogen-bond donors (Lipinski definition) is 1. The van der Waals surface area contributed by atoms with Gasteiger partial charge in [-0.1, -0.05) is 18.2 Å². The molecular formula is C10H12N2O2. The molecular weight excluding hydrogens is 180 g/mol. The first-order chi connectivity index (χ1) is 6.83. The molecule has 0 spiro atoms. The van der Waals surface area contributed by atoms with E-state index in [9.17, 15) is 4.79 Å². The smallest absolute Gasteiger partial charge is 0.253 e. The lowest BCUT2D eigenvalue weighted by Gasteiger charge is -2.16. The van der Waals surface area contributed by atoms with Crippen LogP contribution in [0.2, 0.25) is 0 Å². The van der Waals surface area contributed by atoms with E-state index in [2.05, 4.69) is 0 Å². The average molecular weight is 192 g/mol. The van der Waals surface area contributed by atoms with Crippen LogP contribution < -0.4 is 10.8 Å². The number of amides is 1. The predicted molar refractivity (Wildman–Crippen MR) is 52.4 cm³/mol. The van der Waals surface area contributed by atoms with Crippen LogP contribution in [0.3, 0.4) is 0 Å². The molecule has 4 nitrogen and oxygen atoms in total. The summed E-state index contributed by atoms with van der Waals surface area (Å²) < 4.78 is 0. The highest BCUT2D eigenvalue weighted by Crippen LogP contribution is 2.23. The van der Waals surface area contributed by atoms with Gasteiger partial charge in [-0.05, 0) is 11.6 Å². The first kappa shape index (κ1) is 9.18. The van der Waals surface area contributed by atoms with E-state index >= 15 is 0 Å². The van der Waals surface area contributed by atoms with Crippen LogP contribution in [-0.2, 0) is 16.2 Å². The fourth-order valence-corrected chi connectivity index (χ4v) is 1.48. The lowest BCUT2D eigenvalue weighted by atomic mass is 10.2. The summed E-state index contributed by atoms with van der Waals surface area (Å²) in [4.78, 5) is 16.6. The van der Waals surface area contributed by atoms with Crippen molar-refractivity contribution in [3.8, 4) is 0 Å². The van der Waals surface area contributed by atoms with E-state index in [0.717, 1.165) is 11.3 Å². The maximum Gasteiger partial charge on any atom is 0.253 e. The van der Waals surface area contributed by atoms with Crippen molar-refractivity contribution >= 4 is 11.6 Å². The maximum absolute atomic E-state index is 11.4. The summed E-state index contributed by atoms with van der Waals surface area (Å²) in [7, 11) is 0. The second-order valence-electron chi connectivity index (χ2n) is 3.10. The molecule has 1 aliphatic rings. The minimum atomic E-state index is -0.00843. The van der Waals surface area contributed by atoms with Crippen LogP contribution in [-0.4, -0.2) is 12.5 Å². The molecule has 2 rings (SSSR count). The molecule has 0 aromatic heterocycles. The molecule has 1 aliphatic heterocycles. The van der Waals surface area contributed by atoms with Crippen LogP contribution >= 0.6 is 0 Å². The number of nitrogens with zero attached hydrogens (tertiary/aromatic N) is 1. The molecule has 74 valence electrons. The molecule has 1 aromatic carbocycles. The standard InChI is InChI=1S/C10H12N2O2/c11-7-8-3-1-2-4-9(8)12-10(13)5-6-14-12/h1-4H,5-7,11H2. The van der Waals surface area contributed by atoms with Crippen LogP contribution in [0.4, 0.5) is 5.69 Å². The van der Waals surface area contributed by atoms with Crippen LogP contribution in [0.1, 0.15) is 12.0 Å². The third kappa shape index (κ3) is 1.49. The molecule has 1 amide bonds. The minimum absolute atomic E-state index is 0.00843. The Morgan fingerprint density at radius 2 is 2.21 bits per heavy atom. The zero-order valence-corrected chi connectivity index (χ0v) is 7.77. The number of benzene rings is 1. The SMILES string of the molecule is NCc1ccccc1N1OCCC1=O. The Morgan fingerprint density at radius 1 is 1.43 bits per heavy atom. The quantitative estimate of drug-likeness (QED) is 0.754. The van der Waals surface area contributed by atoms with Gasteiger partial charge >= 0.3 is 0 Å². The van der Waals surface area contributed by atoms with Crippen LogP contribution in [0.15, 0.2) is 24.3 Å². The van der Waals surface area contributed by atoms with Gasteiger partial charge in [-0.15, -0.1) is 0 Å². The van der Waals surface area contributed by atoms with Crippen molar-refractivity contribution in [3.63, 3.8) is 0 Å². The Hall–Kier alpha value is -1.39. The summed E-state index contributed by atoms with van der Waals surface area (Å²) >= 11 is 0. The highest BCUT2D eigenvalue weighted by molar-refractivity contribution is 5.93. The summed E-state index contributed by atoms with van der Waals surface area (Å²) in [6.07, 6.45) is 0.443. The van der Waals surface area contributed by atoms with Crippen molar-refractivity contribution in [2.24, 2.45) is 5.73 Å². The summed E-state index contributed by atoms with van der Waals surface area (Å²) in [5.74, 6) is -0.00843. The molecule has 2 N–H and O–H groups in total. The molecule has 1 saturated heterocycles. The van der Waals surface area contributed by atoms with Crippen molar-refractivity contribution in [1.82, 2.24) is 0 Å². The Bertz CT molecular complexity index is 352. The van der Waals surface area contributed by atoms with E-state index < -0.39 is 0 Å². The molecule has 1 heterocycles. The molecule has 1 aromatic rings. The predicted octanol–water partition coefficient (Wildman–Crippen LogP) is 0.814. The first-order valence-corrected chi connectivity index (χ1v) is 4.57. The zero-order chi connectivity index (χ0) is 9.97. The number of hydrogen-bond acceptors (Lipinski definition) is 3. The van der Waals surface area contributed by atoms with Crippen molar-refractivity contribution in [2.45, 2.75) is 13.0 Å². The van der Waals surface area contributed by atoms with Gasteiger partial charge in [0.25, 0.3) is 5.91 Å². The monoisotopic (exact) mass is 192 g/mol. The second-order valence-corrected chi connectivity index (χ2v) is 3.10. The average Bonchev–Trinajstić information content (AvgIpc) is 2.64. The van der Waals surface area contributed by atoms with Crippen LogP contribution in [0.5, 0.6) is 0 Å². The molecule has 0 bridgehead atoms. The van der Waals surface area contributed by atoms with E-state index in [-0.39, 0.29) is 5.91 Å². The highest BCUT2D eigenvalue weighted by atomic mass is 16.7. The number of nitrogens with two attached hydrogens (primary N) is 1. The van der Waals surface area contributed by atoms with E-state index in [1.807, 2.05) is 24.3 Å². The highest BCUT2D eigenvalue weighted by Gasteiger charge is 2.24. The molecule has 1 fully saturated rings. The Balaban J connectivity index is 2.35. The number of anilines is 1. The molecule has 4 heteroatoms. The Kier molecular flexibility index (Phi) is 2.47. The molecule has 14 heavy (non-hydrogen) atoms. The molecule has 0 unspecified atom stereocenters. The van der Waals surface area contributed by atoms with Gasteiger partial charge in [0.15, 0.2) is 0 Å². The molecule has 0 atom stereocenters. The normalized spacial score (nSPS) is 16.4. The van der Waals surface area contributed by atoms with Gasteiger partial charge in [0, 0.05) is 6.54 Å². The van der Waals surface area contributed by atoms with Gasteiger partial charge in [0.05, 0.1) is 18.7 Å². The molecule has 0 aliphatic carbocycles. The van der Waals surface area contributed by atoms with Crippen molar-refractivity contribution in [2.75, 3.05) is 11.7 Å². The number of rotatable bonds is 2. The summed E-state index contributed by atoms with van der Waals surface area (Å²) in [6, 6.07) is 7.49. The van der Waals surface area contributed by atoms with Gasteiger partial charge in [-0.25, -0.2) is 0 Å². The van der Waals surface area contributed by atoms with E-state index in [0.29, 0.717) is 19.6 Å². The lowest BCUT2D eigenvalue weighted by molar-refractivity contribution is -0.119. The van der Waals surface area contributed by atoms with Gasteiger partial charge in [0.1, 0.15) is 0 Å². The molecule has 0 saturated carbocycles. The summed E-state index contributed by atoms with van der Waals surface area (Å²) in [5, 5.41) is 1.34. The van der Waals surface area contributed by atoms with E-state index in [4.69, 9.17) is 10.6 Å². The van der Waals surface area contributed by atoms with Gasteiger partial charge in [-0.3, -0.25) is 9.63 Å². The topological polar surface area (TPSA) is 55.6 Å². The van der Waals surface area contributed by atoms with E-state index in [1.165, 1.54) is 5.06 Å². The zero-order valence-electron chi connectivity index (χ0n) is 7.77. The van der Waals surface area contributed by atoms with Crippen LogP contribution in [0.25, 0.3) is 0 Å². The third-order valence-corrected chi connectivity index (χ3v) is 2.19. The maximum atomic E-state index is 11.4. The number of para-hydroxylation sites is 1.